The number of fused-ring (bicyclic) bond motifs is 3. The fourth-order valence-corrected chi connectivity index (χ4v) is 4.02. The quantitative estimate of drug-likeness (QED) is 0.476. The van der Waals surface area contributed by atoms with Gasteiger partial charge in [0.1, 0.15) is 18.8 Å². The highest BCUT2D eigenvalue weighted by Crippen LogP contribution is 2.44. The lowest BCUT2D eigenvalue weighted by Crippen LogP contribution is -2.36. The highest BCUT2D eigenvalue weighted by atomic mass is 16.5. The third-order valence-electron chi connectivity index (χ3n) is 5.69. The molecule has 3 aromatic rings. The number of pyridine rings is 1. The standard InChI is InChI=1S/C25H24N2O6/c1-32-24(30)16-10-15(11-26-12-16)23(29)22(28)13-27-25(31)33-14-21-19-8-4-2-6-17(19)18-7-3-5-9-20(18)21/h2-12,21-23,28-29H,13-14H2,1H3,(H,27,31). The highest BCUT2D eigenvalue weighted by Gasteiger charge is 2.29. The van der Waals surface area contributed by atoms with Crippen LogP contribution >= 0.6 is 0 Å². The molecule has 0 radical (unpaired) electrons. The first-order valence-electron chi connectivity index (χ1n) is 10.5. The van der Waals surface area contributed by atoms with Gasteiger partial charge in [-0.2, -0.15) is 0 Å². The van der Waals surface area contributed by atoms with Crippen molar-refractivity contribution in [3.8, 4) is 11.1 Å². The molecule has 0 aliphatic heterocycles. The van der Waals surface area contributed by atoms with E-state index < -0.39 is 24.3 Å². The number of nitrogens with one attached hydrogen (secondary N) is 1. The third kappa shape index (κ3) is 4.72. The minimum atomic E-state index is -1.36. The van der Waals surface area contributed by atoms with Crippen LogP contribution in [-0.4, -0.2) is 53.6 Å². The number of carbonyl (C=O) groups excluding carboxylic acids is 2. The molecule has 2 aromatic carbocycles. The van der Waals surface area contributed by atoms with Gasteiger partial charge in [0.05, 0.1) is 12.7 Å². The molecule has 3 N–H and O–H groups in total. The summed E-state index contributed by atoms with van der Waals surface area (Å²) in [5.74, 6) is -0.686. The van der Waals surface area contributed by atoms with Crippen molar-refractivity contribution in [1.82, 2.24) is 10.3 Å². The summed E-state index contributed by atoms with van der Waals surface area (Å²) in [5.41, 5.74) is 4.82. The molecule has 170 valence electrons. The summed E-state index contributed by atoms with van der Waals surface area (Å²) in [7, 11) is 1.23. The first-order valence-corrected chi connectivity index (χ1v) is 10.5. The maximum Gasteiger partial charge on any atom is 0.407 e. The molecule has 2 unspecified atom stereocenters. The Morgan fingerprint density at radius 1 is 1.03 bits per heavy atom. The number of ether oxygens (including phenoxy) is 2. The summed E-state index contributed by atoms with van der Waals surface area (Å²) in [6.45, 7) is -0.107. The number of alkyl carbamates (subject to hydrolysis) is 1. The number of hydrogen-bond donors (Lipinski definition) is 3. The number of carbonyl (C=O) groups is 2. The molecule has 1 heterocycles. The van der Waals surface area contributed by atoms with Crippen LogP contribution in [0.5, 0.6) is 0 Å². The van der Waals surface area contributed by atoms with Gasteiger partial charge in [-0.1, -0.05) is 48.5 Å². The van der Waals surface area contributed by atoms with Crippen molar-refractivity contribution in [3.05, 3.63) is 89.2 Å². The van der Waals surface area contributed by atoms with Gasteiger partial charge < -0.3 is 25.0 Å². The lowest BCUT2D eigenvalue weighted by atomic mass is 9.98. The van der Waals surface area contributed by atoms with Crippen LogP contribution in [0.1, 0.15) is 39.1 Å². The van der Waals surface area contributed by atoms with Crippen LogP contribution in [0.2, 0.25) is 0 Å². The number of benzene rings is 2. The van der Waals surface area contributed by atoms with Crippen LogP contribution in [0.25, 0.3) is 11.1 Å². The van der Waals surface area contributed by atoms with Crippen LogP contribution < -0.4 is 5.32 Å². The van der Waals surface area contributed by atoms with Crippen LogP contribution in [0.15, 0.2) is 67.0 Å². The molecule has 4 rings (SSSR count). The van der Waals surface area contributed by atoms with Crippen molar-refractivity contribution in [2.45, 2.75) is 18.1 Å². The SMILES string of the molecule is COC(=O)c1cncc(C(O)C(O)CNC(=O)OCC2c3ccccc3-c3ccccc32)c1. The molecule has 1 amide bonds. The van der Waals surface area contributed by atoms with Crippen LogP contribution in [-0.2, 0) is 9.47 Å². The van der Waals surface area contributed by atoms with Gasteiger partial charge in [-0.05, 0) is 28.3 Å². The fraction of sp³-hybridized carbons (Fsp3) is 0.240. The van der Waals surface area contributed by atoms with Crippen LogP contribution in [0.3, 0.4) is 0 Å². The Hall–Kier alpha value is -3.75. The second-order valence-corrected chi connectivity index (χ2v) is 7.72. The van der Waals surface area contributed by atoms with Gasteiger partial charge >= 0.3 is 12.1 Å². The zero-order valence-corrected chi connectivity index (χ0v) is 18.0. The molecule has 1 aliphatic carbocycles. The first kappa shape index (κ1) is 22.4. The Labute approximate surface area is 190 Å². The molecule has 0 spiro atoms. The molecule has 33 heavy (non-hydrogen) atoms. The van der Waals surface area contributed by atoms with Crippen molar-refractivity contribution < 1.29 is 29.3 Å². The van der Waals surface area contributed by atoms with E-state index in [0.717, 1.165) is 22.3 Å². The lowest BCUT2D eigenvalue weighted by Gasteiger charge is -2.19. The van der Waals surface area contributed by atoms with E-state index in [4.69, 9.17) is 4.74 Å². The Morgan fingerprint density at radius 3 is 2.30 bits per heavy atom. The van der Waals surface area contributed by atoms with Gasteiger partial charge in [0, 0.05) is 30.4 Å². The molecular weight excluding hydrogens is 424 g/mol. The summed E-state index contributed by atoms with van der Waals surface area (Å²) < 4.78 is 10.1. The summed E-state index contributed by atoms with van der Waals surface area (Å²) in [6.07, 6.45) is -0.780. The van der Waals surface area contributed by atoms with Crippen molar-refractivity contribution in [1.29, 1.82) is 0 Å². The van der Waals surface area contributed by atoms with Gasteiger partial charge in [-0.25, -0.2) is 9.59 Å². The summed E-state index contributed by atoms with van der Waals surface area (Å²) in [5, 5.41) is 23.1. The van der Waals surface area contributed by atoms with E-state index in [-0.39, 0.29) is 30.2 Å². The van der Waals surface area contributed by atoms with E-state index >= 15 is 0 Å². The van der Waals surface area contributed by atoms with Crippen molar-refractivity contribution in [2.24, 2.45) is 0 Å². The average Bonchev–Trinajstić information content (AvgIpc) is 3.18. The molecular formula is C25H24N2O6. The molecule has 1 aliphatic rings. The van der Waals surface area contributed by atoms with Crippen LogP contribution in [0, 0.1) is 0 Å². The Morgan fingerprint density at radius 2 is 1.67 bits per heavy atom. The van der Waals surface area contributed by atoms with Crippen LogP contribution in [0.4, 0.5) is 4.79 Å². The Kier molecular flexibility index (Phi) is 6.67. The summed E-state index contributed by atoms with van der Waals surface area (Å²) in [6, 6.07) is 17.4. The van der Waals surface area contributed by atoms with E-state index in [2.05, 4.69) is 27.2 Å². The molecule has 1 aromatic heterocycles. The van der Waals surface area contributed by atoms with E-state index in [1.807, 2.05) is 36.4 Å². The minimum absolute atomic E-state index is 0.0780. The fourth-order valence-electron chi connectivity index (χ4n) is 4.02. The molecule has 0 saturated heterocycles. The molecule has 0 saturated carbocycles. The van der Waals surface area contributed by atoms with Gasteiger partial charge in [-0.15, -0.1) is 0 Å². The Balaban J connectivity index is 1.33. The highest BCUT2D eigenvalue weighted by molar-refractivity contribution is 5.89. The summed E-state index contributed by atoms with van der Waals surface area (Å²) >= 11 is 0. The van der Waals surface area contributed by atoms with Gasteiger partial charge in [0.25, 0.3) is 0 Å². The molecule has 0 bridgehead atoms. The number of methoxy groups -OCH3 is 1. The number of esters is 1. The predicted octanol–water partition coefficient (Wildman–Crippen LogP) is 2.80. The number of nitrogens with zero attached hydrogens (tertiary/aromatic N) is 1. The average molecular weight is 448 g/mol. The van der Waals surface area contributed by atoms with Gasteiger partial charge in [0.15, 0.2) is 0 Å². The van der Waals surface area contributed by atoms with Crippen molar-refractivity contribution in [3.63, 3.8) is 0 Å². The van der Waals surface area contributed by atoms with Gasteiger partial charge in [-0.3, -0.25) is 4.98 Å². The maximum atomic E-state index is 12.3. The number of aliphatic hydroxyl groups is 2. The zero-order chi connectivity index (χ0) is 23.4. The van der Waals surface area contributed by atoms with E-state index in [1.54, 1.807) is 0 Å². The number of rotatable bonds is 7. The maximum absolute atomic E-state index is 12.3. The molecule has 8 nitrogen and oxygen atoms in total. The normalized spacial score (nSPS) is 14.0. The molecule has 0 fully saturated rings. The van der Waals surface area contributed by atoms with Crippen molar-refractivity contribution >= 4 is 12.1 Å². The number of aromatic nitrogens is 1. The smallest absolute Gasteiger partial charge is 0.407 e. The van der Waals surface area contributed by atoms with E-state index in [9.17, 15) is 19.8 Å². The third-order valence-corrected chi connectivity index (χ3v) is 5.69. The second kappa shape index (κ2) is 9.81. The molecule has 2 atom stereocenters. The number of aliphatic hydroxyl groups excluding tert-OH is 2. The number of amides is 1. The molecule has 8 heteroatoms. The first-order chi connectivity index (χ1) is 16.0. The zero-order valence-electron chi connectivity index (χ0n) is 18.0. The van der Waals surface area contributed by atoms with Gasteiger partial charge in [0.2, 0.25) is 0 Å². The lowest BCUT2D eigenvalue weighted by molar-refractivity contribution is 0.0182. The second-order valence-electron chi connectivity index (χ2n) is 7.72. The largest absolute Gasteiger partial charge is 0.465 e. The number of hydrogen-bond acceptors (Lipinski definition) is 7. The summed E-state index contributed by atoms with van der Waals surface area (Å²) in [4.78, 5) is 27.8. The van der Waals surface area contributed by atoms with E-state index in [1.165, 1.54) is 25.6 Å². The van der Waals surface area contributed by atoms with Crippen molar-refractivity contribution in [2.75, 3.05) is 20.3 Å². The Bertz CT molecular complexity index is 1120. The predicted molar refractivity (Wildman–Crippen MR) is 120 cm³/mol. The topological polar surface area (TPSA) is 118 Å². The minimum Gasteiger partial charge on any atom is -0.465 e. The monoisotopic (exact) mass is 448 g/mol. The van der Waals surface area contributed by atoms with E-state index in [0.29, 0.717) is 0 Å².